The van der Waals surface area contributed by atoms with Gasteiger partial charge in [-0.1, -0.05) is 0 Å². The van der Waals surface area contributed by atoms with Crippen molar-refractivity contribution in [2.24, 2.45) is 0 Å². The Morgan fingerprint density at radius 2 is 2.25 bits per heavy atom. The molecule has 0 fully saturated rings. The van der Waals surface area contributed by atoms with Crippen LogP contribution in [0.2, 0.25) is 0 Å². The lowest BCUT2D eigenvalue weighted by Gasteiger charge is -2.07. The number of hydrogen-bond acceptors (Lipinski definition) is 7. The Balaban J connectivity index is 1.78. The van der Waals surface area contributed by atoms with Crippen LogP contribution in [0.1, 0.15) is 28.0 Å². The number of nitrogens with one attached hydrogen (secondary N) is 1. The highest BCUT2D eigenvalue weighted by Crippen LogP contribution is 2.15. The van der Waals surface area contributed by atoms with Crippen molar-refractivity contribution >= 4 is 17.2 Å². The second-order valence-electron chi connectivity index (χ2n) is 4.81. The molecule has 9 heteroatoms. The summed E-state index contributed by atoms with van der Waals surface area (Å²) in [5, 5.41) is 9.81. The summed E-state index contributed by atoms with van der Waals surface area (Å²) in [6, 6.07) is 1.68. The molecule has 0 aromatic carbocycles. The normalized spacial score (nSPS) is 10.6. The third kappa shape index (κ3) is 3.40. The molecule has 1 N–H and O–H groups in total. The third-order valence-electron chi connectivity index (χ3n) is 3.27. The second kappa shape index (κ2) is 7.18. The predicted octanol–water partition coefficient (Wildman–Crippen LogP) is 1.76. The quantitative estimate of drug-likeness (QED) is 0.732. The van der Waals surface area contributed by atoms with Gasteiger partial charge in [0.1, 0.15) is 11.3 Å². The van der Waals surface area contributed by atoms with Gasteiger partial charge in [-0.2, -0.15) is 5.10 Å². The number of carbonyl (C=O) groups excluding carboxylic acids is 1. The monoisotopic (exact) mass is 344 g/mol. The van der Waals surface area contributed by atoms with Crippen LogP contribution in [0.4, 0.5) is 0 Å². The lowest BCUT2D eigenvalue weighted by molar-refractivity contribution is 0.0950. The van der Waals surface area contributed by atoms with E-state index in [9.17, 15) is 4.79 Å². The molecule has 3 heterocycles. The van der Waals surface area contributed by atoms with Gasteiger partial charge in [0.2, 0.25) is 5.88 Å². The summed E-state index contributed by atoms with van der Waals surface area (Å²) in [7, 11) is 0. The van der Waals surface area contributed by atoms with E-state index in [4.69, 9.17) is 4.74 Å². The van der Waals surface area contributed by atoms with Gasteiger partial charge in [-0.05, 0) is 13.8 Å². The van der Waals surface area contributed by atoms with Crippen molar-refractivity contribution in [3.63, 3.8) is 0 Å². The van der Waals surface area contributed by atoms with Crippen molar-refractivity contribution in [1.82, 2.24) is 30.0 Å². The first-order chi connectivity index (χ1) is 11.7. The minimum absolute atomic E-state index is 0.201. The van der Waals surface area contributed by atoms with Crippen LogP contribution in [-0.4, -0.2) is 37.2 Å². The summed E-state index contributed by atoms with van der Waals surface area (Å²) in [6.07, 6.45) is 4.64. The molecule has 24 heavy (non-hydrogen) atoms. The molecule has 124 valence electrons. The Morgan fingerprint density at radius 1 is 1.38 bits per heavy atom. The number of ether oxygens (including phenoxy) is 1. The zero-order chi connectivity index (χ0) is 16.9. The molecule has 0 aliphatic rings. The van der Waals surface area contributed by atoms with Crippen molar-refractivity contribution in [1.29, 1.82) is 0 Å². The fourth-order valence-electron chi connectivity index (χ4n) is 2.13. The number of amides is 1. The lowest BCUT2D eigenvalue weighted by Crippen LogP contribution is -2.23. The molecule has 0 atom stereocenters. The average Bonchev–Trinajstić information content (AvgIpc) is 3.23. The van der Waals surface area contributed by atoms with E-state index >= 15 is 0 Å². The van der Waals surface area contributed by atoms with Gasteiger partial charge in [-0.15, -0.1) is 11.3 Å². The number of thiazole rings is 1. The molecule has 0 spiro atoms. The topological polar surface area (TPSA) is 94.8 Å². The van der Waals surface area contributed by atoms with Gasteiger partial charge in [0.05, 0.1) is 30.6 Å². The Hall–Kier alpha value is -2.81. The van der Waals surface area contributed by atoms with E-state index in [0.717, 1.165) is 5.01 Å². The smallest absolute Gasteiger partial charge is 0.255 e. The van der Waals surface area contributed by atoms with Gasteiger partial charge < -0.3 is 10.1 Å². The van der Waals surface area contributed by atoms with E-state index in [-0.39, 0.29) is 5.91 Å². The number of nitrogens with zero attached hydrogens (tertiary/aromatic N) is 5. The molecule has 8 nitrogen and oxygen atoms in total. The summed E-state index contributed by atoms with van der Waals surface area (Å²) in [5.74, 6) is 0.810. The maximum atomic E-state index is 12.3. The molecule has 0 radical (unpaired) electrons. The molecule has 3 aromatic heterocycles. The van der Waals surface area contributed by atoms with E-state index in [2.05, 4.69) is 25.4 Å². The molecule has 0 aliphatic heterocycles. The van der Waals surface area contributed by atoms with Gasteiger partial charge >= 0.3 is 0 Å². The highest BCUT2D eigenvalue weighted by molar-refractivity contribution is 7.09. The van der Waals surface area contributed by atoms with Gasteiger partial charge in [-0.3, -0.25) is 4.79 Å². The number of rotatable bonds is 6. The largest absolute Gasteiger partial charge is 0.478 e. The first kappa shape index (κ1) is 16.1. The fourth-order valence-corrected chi connectivity index (χ4v) is 2.68. The minimum Gasteiger partial charge on any atom is -0.478 e. The maximum absolute atomic E-state index is 12.3. The highest BCUT2D eigenvalue weighted by Gasteiger charge is 2.16. The van der Waals surface area contributed by atoms with Crippen LogP contribution in [0.15, 0.2) is 30.2 Å². The fraction of sp³-hybridized carbons (Fsp3) is 0.267. The van der Waals surface area contributed by atoms with E-state index in [1.54, 1.807) is 16.9 Å². The number of hydrogen-bond donors (Lipinski definition) is 1. The summed E-state index contributed by atoms with van der Waals surface area (Å²) >= 11 is 1.50. The zero-order valence-electron chi connectivity index (χ0n) is 13.3. The van der Waals surface area contributed by atoms with E-state index in [0.29, 0.717) is 36.1 Å². The first-order valence-electron chi connectivity index (χ1n) is 7.35. The van der Waals surface area contributed by atoms with E-state index in [1.807, 2.05) is 19.2 Å². The van der Waals surface area contributed by atoms with E-state index in [1.165, 1.54) is 23.9 Å². The molecule has 1 amide bonds. The maximum Gasteiger partial charge on any atom is 0.255 e. The third-order valence-corrected chi connectivity index (χ3v) is 4.05. The zero-order valence-corrected chi connectivity index (χ0v) is 14.1. The van der Waals surface area contributed by atoms with Crippen molar-refractivity contribution < 1.29 is 9.53 Å². The number of aromatic nitrogens is 5. The van der Waals surface area contributed by atoms with Crippen molar-refractivity contribution in [3.05, 3.63) is 46.4 Å². The molecule has 0 unspecified atom stereocenters. The van der Waals surface area contributed by atoms with Crippen LogP contribution in [-0.2, 0) is 6.54 Å². The molecule has 3 rings (SSSR count). The standard InChI is InChI=1S/C15H16N6O2S/c1-3-23-13-6-12(18-9-19-13)21-10(2)11(7-20-21)15(22)17-8-14-16-4-5-24-14/h4-7,9H,3,8H2,1-2H3,(H,17,22). The van der Waals surface area contributed by atoms with Crippen LogP contribution in [0.3, 0.4) is 0 Å². The summed E-state index contributed by atoms with van der Waals surface area (Å²) in [5.41, 5.74) is 1.18. The summed E-state index contributed by atoms with van der Waals surface area (Å²) < 4.78 is 6.95. The van der Waals surface area contributed by atoms with Crippen LogP contribution < -0.4 is 10.1 Å². The molecule has 3 aromatic rings. The van der Waals surface area contributed by atoms with Gasteiger partial charge in [0.15, 0.2) is 5.82 Å². The van der Waals surface area contributed by atoms with Crippen molar-refractivity contribution in [2.75, 3.05) is 6.61 Å². The Labute approximate surface area is 142 Å². The second-order valence-corrected chi connectivity index (χ2v) is 5.79. The molecular weight excluding hydrogens is 328 g/mol. The van der Waals surface area contributed by atoms with Crippen LogP contribution >= 0.6 is 11.3 Å². The Kier molecular flexibility index (Phi) is 4.80. The average molecular weight is 344 g/mol. The van der Waals surface area contributed by atoms with Gasteiger partial charge in [0, 0.05) is 17.6 Å². The number of carbonyl (C=O) groups is 1. The molecule has 0 aliphatic carbocycles. The SMILES string of the molecule is CCOc1cc(-n2ncc(C(=O)NCc3nccs3)c2C)ncn1. The summed E-state index contributed by atoms with van der Waals surface area (Å²) in [4.78, 5) is 24.7. The highest BCUT2D eigenvalue weighted by atomic mass is 32.1. The molecule has 0 saturated carbocycles. The Morgan fingerprint density at radius 3 is 3.00 bits per heavy atom. The van der Waals surface area contributed by atoms with Gasteiger partial charge in [0.25, 0.3) is 5.91 Å². The van der Waals surface area contributed by atoms with Crippen molar-refractivity contribution in [2.45, 2.75) is 20.4 Å². The molecule has 0 bridgehead atoms. The minimum atomic E-state index is -0.201. The Bertz CT molecular complexity index is 830. The van der Waals surface area contributed by atoms with E-state index < -0.39 is 0 Å². The predicted molar refractivity (Wildman–Crippen MR) is 88.3 cm³/mol. The van der Waals surface area contributed by atoms with Crippen LogP contribution in [0.5, 0.6) is 5.88 Å². The summed E-state index contributed by atoms with van der Waals surface area (Å²) in [6.45, 7) is 4.60. The molecule has 0 saturated heterocycles. The van der Waals surface area contributed by atoms with Crippen molar-refractivity contribution in [3.8, 4) is 11.7 Å². The first-order valence-corrected chi connectivity index (χ1v) is 8.23. The lowest BCUT2D eigenvalue weighted by atomic mass is 10.2. The van der Waals surface area contributed by atoms with Crippen LogP contribution in [0, 0.1) is 6.92 Å². The van der Waals surface area contributed by atoms with Gasteiger partial charge in [-0.25, -0.2) is 19.6 Å². The van der Waals surface area contributed by atoms with Crippen LogP contribution in [0.25, 0.3) is 5.82 Å². The molecular formula is C15H16N6O2S.